The van der Waals surface area contributed by atoms with Crippen molar-refractivity contribution < 1.29 is 14.3 Å². The molecule has 0 spiro atoms. The van der Waals surface area contributed by atoms with Gasteiger partial charge in [0.15, 0.2) is 6.10 Å². The molecule has 1 fully saturated rings. The highest BCUT2D eigenvalue weighted by Gasteiger charge is 2.40. The van der Waals surface area contributed by atoms with E-state index in [9.17, 15) is 9.59 Å². The molecule has 1 N–H and O–H groups in total. The van der Waals surface area contributed by atoms with Gasteiger partial charge < -0.3 is 15.0 Å². The van der Waals surface area contributed by atoms with E-state index in [4.69, 9.17) is 4.74 Å². The summed E-state index contributed by atoms with van der Waals surface area (Å²) < 4.78 is 5.62. The molecule has 2 aromatic rings. The molecule has 0 aromatic heterocycles. The molecule has 0 unspecified atom stereocenters. The van der Waals surface area contributed by atoms with Crippen molar-refractivity contribution in [2.24, 2.45) is 0 Å². The van der Waals surface area contributed by atoms with Crippen LogP contribution in [0.4, 0.5) is 0 Å². The number of carbonyl (C=O) groups is 2. The van der Waals surface area contributed by atoms with E-state index in [0.717, 1.165) is 11.1 Å². The standard InChI is InChI=1S/C20H22N2O3/c1-14(15-9-5-3-6-10-15)21-20(24)19-18(16-11-7-4-8-12-16)22(2)17(23)13-25-19/h3-12,14,18-19H,13H2,1-2H3,(H,21,24)/t14-,18-,19-/m0/s1. The van der Waals surface area contributed by atoms with E-state index in [1.807, 2.05) is 67.6 Å². The summed E-state index contributed by atoms with van der Waals surface area (Å²) in [6.07, 6.45) is -0.740. The van der Waals surface area contributed by atoms with Crippen molar-refractivity contribution in [3.63, 3.8) is 0 Å². The Balaban J connectivity index is 1.80. The fourth-order valence-electron chi connectivity index (χ4n) is 3.10. The van der Waals surface area contributed by atoms with Crippen LogP contribution in [0.15, 0.2) is 60.7 Å². The Kier molecular flexibility index (Phi) is 5.14. The van der Waals surface area contributed by atoms with Crippen LogP contribution >= 0.6 is 0 Å². The van der Waals surface area contributed by atoms with Gasteiger partial charge in [-0.25, -0.2) is 0 Å². The minimum Gasteiger partial charge on any atom is -0.356 e. The molecule has 3 atom stereocenters. The number of benzene rings is 2. The van der Waals surface area contributed by atoms with E-state index < -0.39 is 12.1 Å². The number of rotatable bonds is 4. The highest BCUT2D eigenvalue weighted by molar-refractivity contribution is 5.86. The Morgan fingerprint density at radius 3 is 2.36 bits per heavy atom. The van der Waals surface area contributed by atoms with Gasteiger partial charge in [-0.2, -0.15) is 0 Å². The van der Waals surface area contributed by atoms with E-state index in [0.29, 0.717) is 0 Å². The van der Waals surface area contributed by atoms with Crippen molar-refractivity contribution in [2.75, 3.05) is 13.7 Å². The van der Waals surface area contributed by atoms with Crippen LogP contribution in [0.5, 0.6) is 0 Å². The third kappa shape index (κ3) is 3.72. The van der Waals surface area contributed by atoms with Crippen LogP contribution in [0.1, 0.15) is 30.1 Å². The van der Waals surface area contributed by atoms with Gasteiger partial charge in [-0.1, -0.05) is 60.7 Å². The molecule has 3 rings (SSSR count). The number of amides is 2. The summed E-state index contributed by atoms with van der Waals surface area (Å²) >= 11 is 0. The first-order valence-corrected chi connectivity index (χ1v) is 8.35. The number of nitrogens with one attached hydrogen (secondary N) is 1. The first kappa shape index (κ1) is 17.2. The Morgan fingerprint density at radius 2 is 1.72 bits per heavy atom. The number of ether oxygens (including phenoxy) is 1. The Hall–Kier alpha value is -2.66. The summed E-state index contributed by atoms with van der Waals surface area (Å²) in [5, 5.41) is 3.00. The van der Waals surface area contributed by atoms with Crippen molar-refractivity contribution >= 4 is 11.8 Å². The average Bonchev–Trinajstić information content (AvgIpc) is 2.65. The Bertz CT molecular complexity index is 733. The summed E-state index contributed by atoms with van der Waals surface area (Å²) in [6.45, 7) is 1.85. The molecule has 0 radical (unpaired) electrons. The summed E-state index contributed by atoms with van der Waals surface area (Å²) in [5.41, 5.74) is 1.90. The molecule has 2 aromatic carbocycles. The van der Waals surface area contributed by atoms with Crippen molar-refractivity contribution in [1.82, 2.24) is 10.2 Å². The lowest BCUT2D eigenvalue weighted by Gasteiger charge is -2.38. The zero-order valence-corrected chi connectivity index (χ0v) is 14.4. The maximum atomic E-state index is 12.8. The first-order valence-electron chi connectivity index (χ1n) is 8.35. The maximum Gasteiger partial charge on any atom is 0.252 e. The Labute approximate surface area is 147 Å². The topological polar surface area (TPSA) is 58.6 Å². The Morgan fingerprint density at radius 1 is 1.12 bits per heavy atom. The number of likely N-dealkylation sites (N-methyl/N-ethyl adjacent to an activating group) is 1. The number of carbonyl (C=O) groups excluding carboxylic acids is 2. The summed E-state index contributed by atoms with van der Waals surface area (Å²) in [6, 6.07) is 18.7. The molecule has 0 bridgehead atoms. The van der Waals surface area contributed by atoms with Crippen molar-refractivity contribution in [3.8, 4) is 0 Å². The van der Waals surface area contributed by atoms with Gasteiger partial charge in [-0.05, 0) is 18.1 Å². The molecule has 0 aliphatic carbocycles. The second-order valence-corrected chi connectivity index (χ2v) is 6.23. The average molecular weight is 338 g/mol. The lowest BCUT2D eigenvalue weighted by Crippen LogP contribution is -2.53. The molecule has 1 heterocycles. The predicted molar refractivity (Wildman–Crippen MR) is 94.7 cm³/mol. The largest absolute Gasteiger partial charge is 0.356 e. The molecular weight excluding hydrogens is 316 g/mol. The highest BCUT2D eigenvalue weighted by atomic mass is 16.5. The third-order valence-electron chi connectivity index (χ3n) is 4.54. The fourth-order valence-corrected chi connectivity index (χ4v) is 3.10. The van der Waals surface area contributed by atoms with Crippen LogP contribution in [0, 0.1) is 0 Å². The van der Waals surface area contributed by atoms with Gasteiger partial charge >= 0.3 is 0 Å². The first-order chi connectivity index (χ1) is 12.1. The van der Waals surface area contributed by atoms with Gasteiger partial charge in [0.25, 0.3) is 5.91 Å². The van der Waals surface area contributed by atoms with E-state index in [-0.39, 0.29) is 24.5 Å². The molecular formula is C20H22N2O3. The monoisotopic (exact) mass is 338 g/mol. The quantitative estimate of drug-likeness (QED) is 0.932. The second kappa shape index (κ2) is 7.49. The maximum absolute atomic E-state index is 12.8. The molecule has 5 nitrogen and oxygen atoms in total. The van der Waals surface area contributed by atoms with E-state index in [1.165, 1.54) is 0 Å². The van der Waals surface area contributed by atoms with Crippen molar-refractivity contribution in [1.29, 1.82) is 0 Å². The van der Waals surface area contributed by atoms with Crippen LogP contribution in [0.2, 0.25) is 0 Å². The molecule has 5 heteroatoms. The van der Waals surface area contributed by atoms with E-state index in [2.05, 4.69) is 5.32 Å². The molecule has 1 saturated heterocycles. The summed E-state index contributed by atoms with van der Waals surface area (Å²) in [7, 11) is 1.71. The minimum atomic E-state index is -0.740. The number of hydrogen-bond donors (Lipinski definition) is 1. The molecule has 25 heavy (non-hydrogen) atoms. The zero-order chi connectivity index (χ0) is 17.8. The van der Waals surface area contributed by atoms with E-state index >= 15 is 0 Å². The molecule has 1 aliphatic rings. The summed E-state index contributed by atoms with van der Waals surface area (Å²) in [5.74, 6) is -0.349. The van der Waals surface area contributed by atoms with Crippen molar-refractivity contribution in [3.05, 3.63) is 71.8 Å². The predicted octanol–water partition coefficient (Wildman–Crippen LogP) is 2.46. The van der Waals surface area contributed by atoms with Crippen LogP contribution in [0.3, 0.4) is 0 Å². The van der Waals surface area contributed by atoms with Gasteiger partial charge in [0, 0.05) is 7.05 Å². The zero-order valence-electron chi connectivity index (χ0n) is 14.4. The molecule has 1 aliphatic heterocycles. The molecule has 130 valence electrons. The van der Waals surface area contributed by atoms with Crippen molar-refractivity contribution in [2.45, 2.75) is 25.1 Å². The second-order valence-electron chi connectivity index (χ2n) is 6.23. The van der Waals surface area contributed by atoms with E-state index in [1.54, 1.807) is 11.9 Å². The molecule has 2 amide bonds. The number of hydrogen-bond acceptors (Lipinski definition) is 3. The number of nitrogens with zero attached hydrogens (tertiary/aromatic N) is 1. The fraction of sp³-hybridized carbons (Fsp3) is 0.300. The van der Waals surface area contributed by atoms with Gasteiger partial charge in [0.1, 0.15) is 6.61 Å². The van der Waals surface area contributed by atoms with Gasteiger partial charge in [-0.15, -0.1) is 0 Å². The molecule has 0 saturated carbocycles. The summed E-state index contributed by atoms with van der Waals surface area (Å²) in [4.78, 5) is 26.5. The van der Waals surface area contributed by atoms with Crippen LogP contribution in [-0.4, -0.2) is 36.5 Å². The normalized spacial score (nSPS) is 21.7. The smallest absolute Gasteiger partial charge is 0.252 e. The number of morpholine rings is 1. The SMILES string of the molecule is C[C@H](NC(=O)[C@H]1OCC(=O)N(C)[C@H]1c1ccccc1)c1ccccc1. The van der Waals surface area contributed by atoms with Crippen LogP contribution in [0.25, 0.3) is 0 Å². The van der Waals surface area contributed by atoms with Crippen LogP contribution < -0.4 is 5.32 Å². The third-order valence-corrected chi connectivity index (χ3v) is 4.54. The van der Waals surface area contributed by atoms with Gasteiger partial charge in [0.05, 0.1) is 12.1 Å². The van der Waals surface area contributed by atoms with Gasteiger partial charge in [0.2, 0.25) is 5.91 Å². The van der Waals surface area contributed by atoms with Gasteiger partial charge in [-0.3, -0.25) is 9.59 Å². The lowest BCUT2D eigenvalue weighted by atomic mass is 9.97. The highest BCUT2D eigenvalue weighted by Crippen LogP contribution is 2.29. The minimum absolute atomic E-state index is 0.0857. The van der Waals surface area contributed by atoms with Crippen LogP contribution in [-0.2, 0) is 14.3 Å². The lowest BCUT2D eigenvalue weighted by molar-refractivity contribution is -0.162.